The highest BCUT2D eigenvalue weighted by atomic mass is 32.2. The number of nitrogens with two attached hydrogens (primary N) is 2. The molecule has 4 rings (SSSR count). The van der Waals surface area contributed by atoms with E-state index in [0.29, 0.717) is 22.0 Å². The predicted molar refractivity (Wildman–Crippen MR) is 117 cm³/mol. The standard InChI is InChI=1S/C19H20N8S2/c20-26-16(14-8-3-1-4-9-14)22-24-18(26)28-12-7-13-29-19-25-23-17(27(19)21)15-10-5-2-6-11-15/h1-6,8-11H,7,12-13,20-21H2. The Morgan fingerprint density at radius 2 is 1.03 bits per heavy atom. The molecule has 4 N–H and O–H groups in total. The topological polar surface area (TPSA) is 113 Å². The minimum atomic E-state index is 0.659. The van der Waals surface area contributed by atoms with Crippen molar-refractivity contribution in [2.24, 2.45) is 0 Å². The summed E-state index contributed by atoms with van der Waals surface area (Å²) in [6.45, 7) is 0. The number of nitrogen functional groups attached to an aromatic ring is 2. The Morgan fingerprint density at radius 1 is 0.621 bits per heavy atom. The minimum Gasteiger partial charge on any atom is -0.335 e. The number of hydrogen-bond donors (Lipinski definition) is 2. The van der Waals surface area contributed by atoms with Gasteiger partial charge < -0.3 is 11.7 Å². The molecule has 2 heterocycles. The van der Waals surface area contributed by atoms with Crippen LogP contribution < -0.4 is 11.7 Å². The van der Waals surface area contributed by atoms with Crippen LogP contribution in [0.2, 0.25) is 0 Å². The second-order valence-corrected chi connectivity index (χ2v) is 8.26. The van der Waals surface area contributed by atoms with Gasteiger partial charge in [-0.25, -0.2) is 9.35 Å². The number of thioether (sulfide) groups is 2. The highest BCUT2D eigenvalue weighted by molar-refractivity contribution is 8.00. The van der Waals surface area contributed by atoms with Gasteiger partial charge in [-0.1, -0.05) is 84.2 Å². The summed E-state index contributed by atoms with van der Waals surface area (Å²) in [6.07, 6.45) is 0.941. The molecule has 0 radical (unpaired) electrons. The van der Waals surface area contributed by atoms with Crippen LogP contribution in [-0.4, -0.2) is 41.3 Å². The molecule has 0 bridgehead atoms. The van der Waals surface area contributed by atoms with Crippen molar-refractivity contribution < 1.29 is 0 Å². The average molecular weight is 425 g/mol. The summed E-state index contributed by atoms with van der Waals surface area (Å²) in [6, 6.07) is 19.6. The number of rotatable bonds is 8. The Bertz CT molecular complexity index is 977. The molecule has 0 amide bonds. The van der Waals surface area contributed by atoms with Crippen molar-refractivity contribution in [1.82, 2.24) is 29.7 Å². The van der Waals surface area contributed by atoms with Crippen molar-refractivity contribution in [2.75, 3.05) is 23.2 Å². The molecule has 0 spiro atoms. The number of hydrogen-bond acceptors (Lipinski definition) is 8. The van der Waals surface area contributed by atoms with Crippen molar-refractivity contribution in [3.8, 4) is 22.8 Å². The van der Waals surface area contributed by atoms with Crippen LogP contribution in [0.1, 0.15) is 6.42 Å². The maximum absolute atomic E-state index is 6.15. The van der Waals surface area contributed by atoms with Crippen LogP contribution in [-0.2, 0) is 0 Å². The molecule has 10 heteroatoms. The SMILES string of the molecule is Nn1c(SCCCSc2nnc(-c3ccccc3)n2N)nnc1-c1ccccc1. The molecule has 0 unspecified atom stereocenters. The molecule has 2 aromatic carbocycles. The first-order valence-corrected chi connectivity index (χ1v) is 11.0. The van der Waals surface area contributed by atoms with Crippen LogP contribution in [0.4, 0.5) is 0 Å². The Labute approximate surface area is 176 Å². The molecule has 8 nitrogen and oxygen atoms in total. The summed E-state index contributed by atoms with van der Waals surface area (Å²) in [7, 11) is 0. The smallest absolute Gasteiger partial charge is 0.210 e. The molecule has 0 aliphatic rings. The van der Waals surface area contributed by atoms with Crippen LogP contribution >= 0.6 is 23.5 Å². The number of benzene rings is 2. The molecule has 2 aromatic heterocycles. The Morgan fingerprint density at radius 3 is 1.45 bits per heavy atom. The lowest BCUT2D eigenvalue weighted by atomic mass is 10.2. The summed E-state index contributed by atoms with van der Waals surface area (Å²) >= 11 is 3.16. The van der Waals surface area contributed by atoms with Gasteiger partial charge in [0.25, 0.3) is 0 Å². The van der Waals surface area contributed by atoms with Gasteiger partial charge >= 0.3 is 0 Å². The van der Waals surface area contributed by atoms with Gasteiger partial charge in [-0.2, -0.15) is 0 Å². The fourth-order valence-corrected chi connectivity index (χ4v) is 4.48. The van der Waals surface area contributed by atoms with E-state index in [1.54, 1.807) is 23.5 Å². The van der Waals surface area contributed by atoms with Gasteiger partial charge in [0.15, 0.2) is 11.6 Å². The van der Waals surface area contributed by atoms with E-state index in [0.717, 1.165) is 29.1 Å². The van der Waals surface area contributed by atoms with Gasteiger partial charge in [-0.3, -0.25) is 0 Å². The second-order valence-electron chi connectivity index (χ2n) is 6.13. The minimum absolute atomic E-state index is 0.659. The van der Waals surface area contributed by atoms with E-state index < -0.39 is 0 Å². The van der Waals surface area contributed by atoms with Gasteiger partial charge in [0.2, 0.25) is 10.3 Å². The van der Waals surface area contributed by atoms with Gasteiger partial charge in [0.05, 0.1) is 0 Å². The molecular weight excluding hydrogens is 404 g/mol. The molecule has 0 aliphatic carbocycles. The van der Waals surface area contributed by atoms with Gasteiger partial charge in [0.1, 0.15) is 0 Å². The normalized spacial score (nSPS) is 11.0. The second kappa shape index (κ2) is 9.01. The zero-order chi connectivity index (χ0) is 20.1. The maximum atomic E-state index is 6.15. The summed E-state index contributed by atoms with van der Waals surface area (Å²) in [5.74, 6) is 15.3. The third-order valence-corrected chi connectivity index (χ3v) is 6.20. The third-order valence-electron chi connectivity index (χ3n) is 4.14. The lowest BCUT2D eigenvalue weighted by Crippen LogP contribution is -2.12. The monoisotopic (exact) mass is 424 g/mol. The first kappa shape index (κ1) is 19.3. The summed E-state index contributed by atoms with van der Waals surface area (Å²) < 4.78 is 3.07. The lowest BCUT2D eigenvalue weighted by Gasteiger charge is -2.04. The highest BCUT2D eigenvalue weighted by Crippen LogP contribution is 2.24. The van der Waals surface area contributed by atoms with Crippen molar-refractivity contribution >= 4 is 23.5 Å². The zero-order valence-electron chi connectivity index (χ0n) is 15.5. The van der Waals surface area contributed by atoms with Crippen LogP contribution in [0.3, 0.4) is 0 Å². The summed E-state index contributed by atoms with van der Waals surface area (Å²) in [5.41, 5.74) is 1.89. The molecule has 29 heavy (non-hydrogen) atoms. The van der Waals surface area contributed by atoms with E-state index in [4.69, 9.17) is 11.7 Å². The van der Waals surface area contributed by atoms with Crippen molar-refractivity contribution in [3.05, 3.63) is 60.7 Å². The Kier molecular flexibility index (Phi) is 6.01. The van der Waals surface area contributed by atoms with Crippen LogP contribution in [0.25, 0.3) is 22.8 Å². The molecular formula is C19H20N8S2. The van der Waals surface area contributed by atoms with E-state index in [-0.39, 0.29) is 0 Å². The lowest BCUT2D eigenvalue weighted by molar-refractivity contribution is 0.845. The van der Waals surface area contributed by atoms with Crippen LogP contribution in [0.15, 0.2) is 71.0 Å². The molecule has 0 fully saturated rings. The Hall–Kier alpha value is -2.98. The van der Waals surface area contributed by atoms with E-state index in [1.165, 1.54) is 9.35 Å². The largest absolute Gasteiger partial charge is 0.335 e. The predicted octanol–water partition coefficient (Wildman–Crippen LogP) is 2.91. The fourth-order valence-electron chi connectivity index (χ4n) is 2.70. The number of nitrogens with zero attached hydrogens (tertiary/aromatic N) is 6. The van der Waals surface area contributed by atoms with Gasteiger partial charge in [0, 0.05) is 22.6 Å². The zero-order valence-corrected chi connectivity index (χ0v) is 17.2. The molecule has 0 aliphatic heterocycles. The van der Waals surface area contributed by atoms with E-state index in [9.17, 15) is 0 Å². The van der Waals surface area contributed by atoms with E-state index in [2.05, 4.69) is 20.4 Å². The first-order chi connectivity index (χ1) is 14.2. The van der Waals surface area contributed by atoms with E-state index >= 15 is 0 Å². The van der Waals surface area contributed by atoms with Gasteiger partial charge in [-0.05, 0) is 6.42 Å². The first-order valence-electron chi connectivity index (χ1n) is 9.01. The van der Waals surface area contributed by atoms with Crippen molar-refractivity contribution in [2.45, 2.75) is 16.7 Å². The molecule has 0 saturated carbocycles. The Balaban J connectivity index is 1.28. The van der Waals surface area contributed by atoms with Crippen molar-refractivity contribution in [1.29, 1.82) is 0 Å². The highest BCUT2D eigenvalue weighted by Gasteiger charge is 2.13. The molecule has 148 valence electrons. The quantitative estimate of drug-likeness (QED) is 0.252. The van der Waals surface area contributed by atoms with E-state index in [1.807, 2.05) is 60.7 Å². The molecule has 0 atom stereocenters. The summed E-state index contributed by atoms with van der Waals surface area (Å²) in [5, 5.41) is 18.2. The fraction of sp³-hybridized carbons (Fsp3) is 0.158. The third kappa shape index (κ3) is 4.38. The van der Waals surface area contributed by atoms with Gasteiger partial charge in [-0.15, -0.1) is 20.4 Å². The van der Waals surface area contributed by atoms with Crippen LogP contribution in [0, 0.1) is 0 Å². The molecule has 4 aromatic rings. The van der Waals surface area contributed by atoms with Crippen LogP contribution in [0.5, 0.6) is 0 Å². The number of aromatic nitrogens is 6. The average Bonchev–Trinajstić information content (AvgIpc) is 3.32. The maximum Gasteiger partial charge on any atom is 0.210 e. The molecule has 0 saturated heterocycles. The summed E-state index contributed by atoms with van der Waals surface area (Å²) in [4.78, 5) is 0. The van der Waals surface area contributed by atoms with Crippen molar-refractivity contribution in [3.63, 3.8) is 0 Å².